The Morgan fingerprint density at radius 2 is 2.00 bits per heavy atom. The molecule has 0 N–H and O–H groups in total. The number of ether oxygens (including phenoxy) is 1. The van der Waals surface area contributed by atoms with Crippen LogP contribution in [0.5, 0.6) is 0 Å². The molecule has 0 bridgehead atoms. The van der Waals surface area contributed by atoms with Gasteiger partial charge < -0.3 is 9.84 Å². The largest absolute Gasteiger partial charge is 0.611 e. The Morgan fingerprint density at radius 3 is 2.41 bits per heavy atom. The van der Waals surface area contributed by atoms with E-state index in [0.717, 1.165) is 0 Å². The Labute approximate surface area is 97.7 Å². The molecule has 0 aliphatic carbocycles. The number of nitrogens with zero attached hydrogens (tertiary/aromatic N) is 2. The molecular formula is C11H10N2O4. The number of benzene rings is 1. The van der Waals surface area contributed by atoms with Crippen molar-refractivity contribution in [2.45, 2.75) is 6.92 Å². The van der Waals surface area contributed by atoms with E-state index in [-0.39, 0.29) is 11.4 Å². The second-order valence-electron chi connectivity index (χ2n) is 2.98. The molecule has 1 aromatic carbocycles. The van der Waals surface area contributed by atoms with E-state index in [4.69, 9.17) is 0 Å². The van der Waals surface area contributed by atoms with Crippen LogP contribution in [0.2, 0.25) is 0 Å². The molecule has 0 heterocycles. The van der Waals surface area contributed by atoms with Crippen molar-refractivity contribution in [3.05, 3.63) is 50.7 Å². The Morgan fingerprint density at radius 1 is 1.41 bits per heavy atom. The molecule has 6 heteroatoms. The molecule has 88 valence electrons. The molecule has 0 fully saturated rings. The van der Waals surface area contributed by atoms with Gasteiger partial charge in [0.05, 0.1) is 17.4 Å². The predicted octanol–water partition coefficient (Wildman–Crippen LogP) is 1.58. The quantitative estimate of drug-likeness (QED) is 0.451. The lowest BCUT2D eigenvalue weighted by molar-refractivity contribution is -0.384. The van der Waals surface area contributed by atoms with E-state index in [0.29, 0.717) is 5.56 Å². The minimum atomic E-state index is -0.617. The highest BCUT2D eigenvalue weighted by molar-refractivity contribution is 5.72. The summed E-state index contributed by atoms with van der Waals surface area (Å²) in [6, 6.07) is 7.93. The summed E-state index contributed by atoms with van der Waals surface area (Å²) in [7, 11) is 1.24. The number of hydrogen-bond donors (Lipinski definition) is 0. The van der Waals surface area contributed by atoms with Gasteiger partial charge in [-0.3, -0.25) is 10.1 Å². The fourth-order valence-corrected chi connectivity index (χ4v) is 1.18. The van der Waals surface area contributed by atoms with Crippen molar-refractivity contribution < 1.29 is 14.8 Å². The number of hydrogen-bond acceptors (Lipinski definition) is 4. The Bertz CT molecular complexity index is 509. The molecule has 0 saturated heterocycles. The highest BCUT2D eigenvalue weighted by atomic mass is 16.6. The summed E-state index contributed by atoms with van der Waals surface area (Å²) >= 11 is 0. The Balaban J connectivity index is 3.21. The van der Waals surface area contributed by atoms with Crippen LogP contribution in [-0.2, 0) is 4.74 Å². The first-order valence-corrected chi connectivity index (χ1v) is 4.67. The first kappa shape index (κ1) is 12.5. The van der Waals surface area contributed by atoms with E-state index < -0.39 is 10.9 Å². The summed E-state index contributed by atoms with van der Waals surface area (Å²) in [5, 5.41) is 21.9. The summed E-state index contributed by atoms with van der Waals surface area (Å²) in [6.07, 6.45) is 0. The molecule has 0 spiro atoms. The average Bonchev–Trinajstić information content (AvgIpc) is 2.35. The van der Waals surface area contributed by atoms with Gasteiger partial charge in [0.15, 0.2) is 0 Å². The van der Waals surface area contributed by atoms with Gasteiger partial charge >= 0.3 is 5.70 Å². The molecule has 0 radical (unpaired) electrons. The standard InChI is InChI=1S/C11H10N2O4/c1-3-12-10(11(14)17-2)8-4-6-9(7-5-8)13(15)16/h4-7H,1-2H3/b11-10-. The number of methoxy groups -OCH3 is 1. The first-order chi connectivity index (χ1) is 8.10. The number of non-ortho nitro benzene ring substituents is 1. The van der Waals surface area contributed by atoms with Crippen LogP contribution in [0.1, 0.15) is 12.5 Å². The molecule has 0 atom stereocenters. The molecule has 17 heavy (non-hydrogen) atoms. The minimum Gasteiger partial charge on any atom is -0.611 e. The van der Waals surface area contributed by atoms with Crippen molar-refractivity contribution in [1.29, 1.82) is 0 Å². The smallest absolute Gasteiger partial charge is 0.368 e. The summed E-state index contributed by atoms with van der Waals surface area (Å²) in [5.41, 5.74) is 0.448. The third kappa shape index (κ3) is 2.95. The normalized spacial score (nSPS) is 10.9. The Kier molecular flexibility index (Phi) is 4.06. The maximum atomic E-state index is 11.4. The van der Waals surface area contributed by atoms with Gasteiger partial charge in [0, 0.05) is 12.1 Å². The Hall–Kier alpha value is -2.55. The third-order valence-corrected chi connectivity index (χ3v) is 1.95. The average molecular weight is 234 g/mol. The molecule has 0 aromatic heterocycles. The predicted molar refractivity (Wildman–Crippen MR) is 59.9 cm³/mol. The first-order valence-electron chi connectivity index (χ1n) is 4.67. The molecule has 0 saturated carbocycles. The van der Waals surface area contributed by atoms with Crippen molar-refractivity contribution in [3.63, 3.8) is 0 Å². The molecule has 0 aliphatic rings. The van der Waals surface area contributed by atoms with Gasteiger partial charge in [-0.1, -0.05) is 0 Å². The van der Waals surface area contributed by atoms with Crippen molar-refractivity contribution in [2.24, 2.45) is 0 Å². The molecule has 1 rings (SSSR count). The molecule has 0 aliphatic heterocycles. The van der Waals surface area contributed by atoms with Crippen molar-refractivity contribution in [2.75, 3.05) is 7.11 Å². The van der Waals surface area contributed by atoms with Gasteiger partial charge in [-0.25, -0.2) is 0 Å². The van der Waals surface area contributed by atoms with Gasteiger partial charge in [0.1, 0.15) is 5.95 Å². The molecular weight excluding hydrogens is 224 g/mol. The van der Waals surface area contributed by atoms with E-state index in [1.165, 1.54) is 38.3 Å². The van der Waals surface area contributed by atoms with Crippen LogP contribution in [0, 0.1) is 16.2 Å². The molecule has 0 unspecified atom stereocenters. The fourth-order valence-electron chi connectivity index (χ4n) is 1.18. The zero-order valence-corrected chi connectivity index (χ0v) is 9.34. The van der Waals surface area contributed by atoms with Crippen molar-refractivity contribution in [1.82, 2.24) is 0 Å². The number of nitro benzene ring substituents is 1. The SMILES string of the molecule is CC#[N+]/C(=C(/[O-])OC)c1ccc([N+](=O)[O-])cc1. The van der Waals surface area contributed by atoms with Gasteiger partial charge in [-0.15, -0.1) is 0 Å². The highest BCUT2D eigenvalue weighted by Crippen LogP contribution is 2.21. The van der Waals surface area contributed by atoms with Crippen LogP contribution in [0.3, 0.4) is 0 Å². The lowest BCUT2D eigenvalue weighted by Crippen LogP contribution is -2.07. The summed E-state index contributed by atoms with van der Waals surface area (Å²) in [6.45, 7) is 1.54. The van der Waals surface area contributed by atoms with Gasteiger partial charge in [0.25, 0.3) is 11.8 Å². The van der Waals surface area contributed by atoms with Crippen LogP contribution in [0.25, 0.3) is 10.5 Å². The highest BCUT2D eigenvalue weighted by Gasteiger charge is 2.15. The second kappa shape index (κ2) is 5.51. The van der Waals surface area contributed by atoms with Gasteiger partial charge in [0.2, 0.25) is 0 Å². The summed E-state index contributed by atoms with van der Waals surface area (Å²) in [4.78, 5) is 13.7. The minimum absolute atomic E-state index is 0.0533. The van der Waals surface area contributed by atoms with E-state index in [1.807, 2.05) is 0 Å². The lowest BCUT2D eigenvalue weighted by Gasteiger charge is -2.05. The molecule has 6 nitrogen and oxygen atoms in total. The van der Waals surface area contributed by atoms with Crippen LogP contribution in [0.4, 0.5) is 5.69 Å². The van der Waals surface area contributed by atoms with E-state index in [1.54, 1.807) is 0 Å². The van der Waals surface area contributed by atoms with Crippen LogP contribution >= 0.6 is 0 Å². The lowest BCUT2D eigenvalue weighted by atomic mass is 10.1. The van der Waals surface area contributed by atoms with Crippen molar-refractivity contribution in [3.8, 4) is 6.07 Å². The number of nitro groups is 1. The van der Waals surface area contributed by atoms with E-state index in [2.05, 4.69) is 15.7 Å². The number of rotatable bonds is 3. The summed E-state index contributed by atoms with van der Waals surface area (Å²) < 4.78 is 4.55. The molecule has 1 aromatic rings. The maximum Gasteiger partial charge on any atom is 0.368 e. The third-order valence-electron chi connectivity index (χ3n) is 1.95. The van der Waals surface area contributed by atoms with Gasteiger partial charge in [-0.2, -0.15) is 0 Å². The van der Waals surface area contributed by atoms with Crippen LogP contribution in [-0.4, -0.2) is 12.0 Å². The van der Waals surface area contributed by atoms with Crippen LogP contribution < -0.4 is 5.11 Å². The monoisotopic (exact) mass is 234 g/mol. The fraction of sp³-hybridized carbons (Fsp3) is 0.182. The second-order valence-corrected chi connectivity index (χ2v) is 2.98. The maximum absolute atomic E-state index is 11.4. The zero-order valence-electron chi connectivity index (χ0n) is 9.34. The van der Waals surface area contributed by atoms with E-state index in [9.17, 15) is 15.2 Å². The van der Waals surface area contributed by atoms with Crippen LogP contribution in [0.15, 0.2) is 30.2 Å². The molecule has 0 amide bonds. The van der Waals surface area contributed by atoms with Gasteiger partial charge in [-0.05, 0) is 24.1 Å². The van der Waals surface area contributed by atoms with E-state index >= 15 is 0 Å². The topological polar surface area (TPSA) is 79.8 Å². The zero-order chi connectivity index (χ0) is 12.8. The summed E-state index contributed by atoms with van der Waals surface area (Å²) in [5.74, 6) is -0.617. The van der Waals surface area contributed by atoms with Crippen molar-refractivity contribution >= 4 is 11.4 Å².